The van der Waals surface area contributed by atoms with Crippen molar-refractivity contribution in [1.82, 2.24) is 4.90 Å². The first-order chi connectivity index (χ1) is 13.0. The van der Waals surface area contributed by atoms with E-state index in [1.54, 1.807) is 30.3 Å². The zero-order valence-electron chi connectivity index (χ0n) is 15.5. The summed E-state index contributed by atoms with van der Waals surface area (Å²) in [6, 6.07) is 17.0. The van der Waals surface area contributed by atoms with E-state index in [1.165, 1.54) is 0 Å². The van der Waals surface area contributed by atoms with Gasteiger partial charge in [-0.15, -0.1) is 0 Å². The molecular formula is C22H23NO4. The molecule has 5 nitrogen and oxygen atoms in total. The number of hydrogen-bond donors (Lipinski definition) is 0. The highest BCUT2D eigenvalue weighted by molar-refractivity contribution is 6.13. The van der Waals surface area contributed by atoms with E-state index in [4.69, 9.17) is 4.74 Å². The van der Waals surface area contributed by atoms with Crippen molar-refractivity contribution in [3.63, 3.8) is 0 Å². The number of esters is 1. The van der Waals surface area contributed by atoms with Crippen molar-refractivity contribution in [3.8, 4) is 0 Å². The fourth-order valence-electron chi connectivity index (χ4n) is 3.32. The lowest BCUT2D eigenvalue weighted by Gasteiger charge is -2.44. The summed E-state index contributed by atoms with van der Waals surface area (Å²) in [5, 5.41) is 0. The minimum Gasteiger partial charge on any atom is -0.459 e. The van der Waals surface area contributed by atoms with Gasteiger partial charge in [0.05, 0.1) is 5.92 Å². The van der Waals surface area contributed by atoms with Crippen LogP contribution >= 0.6 is 0 Å². The van der Waals surface area contributed by atoms with E-state index in [-0.39, 0.29) is 18.4 Å². The Morgan fingerprint density at radius 1 is 1.00 bits per heavy atom. The van der Waals surface area contributed by atoms with Crippen LogP contribution in [0.4, 0.5) is 0 Å². The Kier molecular flexibility index (Phi) is 5.69. The highest BCUT2D eigenvalue weighted by Crippen LogP contribution is 2.34. The van der Waals surface area contributed by atoms with E-state index in [9.17, 15) is 14.4 Å². The van der Waals surface area contributed by atoms with E-state index in [2.05, 4.69) is 0 Å². The van der Waals surface area contributed by atoms with Crippen LogP contribution in [-0.4, -0.2) is 28.7 Å². The molecule has 1 aliphatic rings. The number of rotatable bonds is 6. The number of ether oxygens (including phenoxy) is 1. The maximum absolute atomic E-state index is 12.8. The third-order valence-electron chi connectivity index (χ3n) is 4.64. The summed E-state index contributed by atoms with van der Waals surface area (Å²) in [6.45, 7) is 4.09. The van der Waals surface area contributed by atoms with E-state index >= 15 is 0 Å². The molecule has 1 saturated heterocycles. The number of carbonyl (C=O) groups is 3. The van der Waals surface area contributed by atoms with Gasteiger partial charge in [-0.1, -0.05) is 62.4 Å². The Morgan fingerprint density at radius 3 is 2.19 bits per heavy atom. The molecule has 0 N–H and O–H groups in total. The predicted molar refractivity (Wildman–Crippen MR) is 101 cm³/mol. The summed E-state index contributed by atoms with van der Waals surface area (Å²) in [4.78, 5) is 39.1. The van der Waals surface area contributed by atoms with Crippen LogP contribution in [-0.2, 0) is 20.9 Å². The van der Waals surface area contributed by atoms with Gasteiger partial charge in [0.15, 0.2) is 0 Å². The first-order valence-electron chi connectivity index (χ1n) is 9.12. The molecule has 3 rings (SSSR count). The van der Waals surface area contributed by atoms with Gasteiger partial charge in [-0.3, -0.25) is 14.5 Å². The third-order valence-corrected chi connectivity index (χ3v) is 4.64. The fraction of sp³-hybridized carbons (Fsp3) is 0.318. The molecule has 0 radical (unpaired) electrons. The van der Waals surface area contributed by atoms with Crippen LogP contribution in [0, 0.1) is 11.8 Å². The molecule has 0 saturated carbocycles. The highest BCUT2D eigenvalue weighted by Gasteiger charge is 2.55. The van der Waals surface area contributed by atoms with Crippen LogP contribution in [0.25, 0.3) is 0 Å². The maximum atomic E-state index is 12.8. The number of hydrogen-bond acceptors (Lipinski definition) is 4. The SMILES string of the molecule is CC(C)C[C@H]1C(=O)N(C(=O)c2ccccc2)[C@@H]1C(=O)OCc1ccccc1. The van der Waals surface area contributed by atoms with Crippen molar-refractivity contribution in [2.45, 2.75) is 32.9 Å². The summed E-state index contributed by atoms with van der Waals surface area (Å²) in [6.07, 6.45) is 0.544. The first kappa shape index (κ1) is 18.8. The number of amides is 2. The summed E-state index contributed by atoms with van der Waals surface area (Å²) in [5.74, 6) is -1.58. The third kappa shape index (κ3) is 4.08. The second kappa shape index (κ2) is 8.16. The van der Waals surface area contributed by atoms with Gasteiger partial charge in [0, 0.05) is 5.56 Å². The Bertz CT molecular complexity index is 817. The lowest BCUT2D eigenvalue weighted by molar-refractivity contribution is -0.171. The van der Waals surface area contributed by atoms with Gasteiger partial charge in [-0.2, -0.15) is 0 Å². The van der Waals surface area contributed by atoms with Crippen LogP contribution in [0.1, 0.15) is 36.2 Å². The van der Waals surface area contributed by atoms with Crippen LogP contribution in [0.2, 0.25) is 0 Å². The molecule has 0 aliphatic carbocycles. The Balaban J connectivity index is 1.76. The van der Waals surface area contributed by atoms with Crippen LogP contribution in [0.15, 0.2) is 60.7 Å². The molecule has 2 atom stereocenters. The van der Waals surface area contributed by atoms with E-state index in [1.807, 2.05) is 44.2 Å². The average Bonchev–Trinajstić information content (AvgIpc) is 2.69. The largest absolute Gasteiger partial charge is 0.459 e. The molecule has 5 heteroatoms. The normalized spacial score (nSPS) is 18.9. The second-order valence-corrected chi connectivity index (χ2v) is 7.15. The van der Waals surface area contributed by atoms with Gasteiger partial charge in [-0.05, 0) is 30.0 Å². The minimum absolute atomic E-state index is 0.117. The molecule has 2 amide bonds. The van der Waals surface area contributed by atoms with Gasteiger partial charge >= 0.3 is 5.97 Å². The first-order valence-corrected chi connectivity index (χ1v) is 9.12. The molecule has 1 fully saturated rings. The molecule has 140 valence electrons. The lowest BCUT2D eigenvalue weighted by Crippen LogP contribution is -2.66. The summed E-state index contributed by atoms with van der Waals surface area (Å²) in [5.41, 5.74) is 1.24. The van der Waals surface area contributed by atoms with Crippen LogP contribution in [0.3, 0.4) is 0 Å². The summed E-state index contributed by atoms with van der Waals surface area (Å²) < 4.78 is 5.42. The Labute approximate surface area is 158 Å². The molecule has 1 aliphatic heterocycles. The van der Waals surface area contributed by atoms with Crippen molar-refractivity contribution in [3.05, 3.63) is 71.8 Å². The second-order valence-electron chi connectivity index (χ2n) is 7.15. The van der Waals surface area contributed by atoms with Gasteiger partial charge in [0.25, 0.3) is 5.91 Å². The molecule has 0 aromatic heterocycles. The number of carbonyl (C=O) groups excluding carboxylic acids is 3. The molecular weight excluding hydrogens is 342 g/mol. The molecule has 0 spiro atoms. The van der Waals surface area contributed by atoms with Gasteiger partial charge in [0.1, 0.15) is 12.6 Å². The van der Waals surface area contributed by atoms with Gasteiger partial charge < -0.3 is 4.74 Å². The van der Waals surface area contributed by atoms with E-state index in [0.717, 1.165) is 10.5 Å². The number of likely N-dealkylation sites (tertiary alicyclic amines) is 1. The number of imide groups is 1. The summed E-state index contributed by atoms with van der Waals surface area (Å²) in [7, 11) is 0. The molecule has 0 bridgehead atoms. The van der Waals surface area contributed by atoms with Crippen molar-refractivity contribution >= 4 is 17.8 Å². The smallest absolute Gasteiger partial charge is 0.330 e. The van der Waals surface area contributed by atoms with Crippen molar-refractivity contribution < 1.29 is 19.1 Å². The lowest BCUT2D eigenvalue weighted by atomic mass is 9.80. The Morgan fingerprint density at radius 2 is 1.59 bits per heavy atom. The summed E-state index contributed by atoms with van der Waals surface area (Å²) >= 11 is 0. The van der Waals surface area contributed by atoms with Crippen LogP contribution in [0.5, 0.6) is 0 Å². The quantitative estimate of drug-likeness (QED) is 0.447. The van der Waals surface area contributed by atoms with Crippen molar-refractivity contribution in [1.29, 1.82) is 0 Å². The number of β-lactam (4-membered cyclic amide) rings is 1. The monoisotopic (exact) mass is 365 g/mol. The molecule has 0 unspecified atom stereocenters. The molecule has 2 aromatic carbocycles. The predicted octanol–water partition coefficient (Wildman–Crippen LogP) is 3.44. The zero-order chi connectivity index (χ0) is 19.4. The maximum Gasteiger partial charge on any atom is 0.330 e. The Hall–Kier alpha value is -2.95. The standard InChI is InChI=1S/C22H23NO4/c1-15(2)13-18-19(22(26)27-14-16-9-5-3-6-10-16)23(21(18)25)20(24)17-11-7-4-8-12-17/h3-12,15,18-19H,13-14H2,1-2H3/t18-,19+/m1/s1. The zero-order valence-corrected chi connectivity index (χ0v) is 15.5. The number of nitrogens with zero attached hydrogens (tertiary/aromatic N) is 1. The van der Waals surface area contributed by atoms with Gasteiger partial charge in [0.2, 0.25) is 5.91 Å². The average molecular weight is 365 g/mol. The minimum atomic E-state index is -0.865. The van der Waals surface area contributed by atoms with E-state index in [0.29, 0.717) is 12.0 Å². The van der Waals surface area contributed by atoms with Crippen molar-refractivity contribution in [2.24, 2.45) is 11.8 Å². The van der Waals surface area contributed by atoms with Crippen molar-refractivity contribution in [2.75, 3.05) is 0 Å². The van der Waals surface area contributed by atoms with Gasteiger partial charge in [-0.25, -0.2) is 4.79 Å². The molecule has 1 heterocycles. The highest BCUT2D eigenvalue weighted by atomic mass is 16.5. The molecule has 27 heavy (non-hydrogen) atoms. The van der Waals surface area contributed by atoms with Crippen LogP contribution < -0.4 is 0 Å². The van der Waals surface area contributed by atoms with E-state index < -0.39 is 23.8 Å². The topological polar surface area (TPSA) is 63.7 Å². The fourth-order valence-corrected chi connectivity index (χ4v) is 3.32. The molecule has 2 aromatic rings. The number of benzene rings is 2.